The van der Waals surface area contributed by atoms with E-state index >= 15 is 0 Å². The molecule has 0 unspecified atom stereocenters. The number of nitrogens with one attached hydrogen (secondary N) is 1. The topological polar surface area (TPSA) is 97.6 Å². The number of methoxy groups -OCH3 is 1. The minimum Gasteiger partial charge on any atom is -0.416 e. The lowest BCUT2D eigenvalue weighted by Gasteiger charge is -2.43. The van der Waals surface area contributed by atoms with Crippen LogP contribution in [0.15, 0.2) is 9.64 Å². The van der Waals surface area contributed by atoms with Crippen LogP contribution in [0.4, 0.5) is 0 Å². The quantitative estimate of drug-likeness (QED) is 0.745. The number of hydrogen-bond acceptors (Lipinski definition) is 7. The van der Waals surface area contributed by atoms with Gasteiger partial charge in [0, 0.05) is 33.0 Å². The zero-order chi connectivity index (χ0) is 18.7. The van der Waals surface area contributed by atoms with Crippen LogP contribution >= 0.6 is 11.8 Å². The highest BCUT2D eigenvalue weighted by molar-refractivity contribution is 7.99. The molecule has 144 valence electrons. The summed E-state index contributed by atoms with van der Waals surface area (Å²) in [5, 5.41) is 11.2. The van der Waals surface area contributed by atoms with Crippen molar-refractivity contribution in [2.75, 3.05) is 19.4 Å². The van der Waals surface area contributed by atoms with Crippen molar-refractivity contribution in [1.82, 2.24) is 20.4 Å². The fourth-order valence-corrected chi connectivity index (χ4v) is 4.69. The third kappa shape index (κ3) is 3.88. The lowest BCUT2D eigenvalue weighted by Crippen LogP contribution is -2.56. The second-order valence-electron chi connectivity index (χ2n) is 6.89. The molecule has 8 nitrogen and oxygen atoms in total. The number of aromatic nitrogens is 2. The molecule has 1 N–H and O–H groups in total. The largest absolute Gasteiger partial charge is 0.416 e. The van der Waals surface area contributed by atoms with Crippen LogP contribution in [0.5, 0.6) is 0 Å². The van der Waals surface area contributed by atoms with E-state index in [1.807, 2.05) is 11.8 Å². The standard InChI is InChI=1S/C17H26N4O4S/c1-4-14(22)18-12-5-6-17(24-3)7-8-21(13(17)9-12)15(23)10-26-16-20-19-11(2)25-16/h12-13H,4-10H2,1-3H3,(H,18,22)/t12-,13+,17-/m1/s1. The lowest BCUT2D eigenvalue weighted by atomic mass is 9.78. The minimum absolute atomic E-state index is 0.0130. The van der Waals surface area contributed by atoms with Gasteiger partial charge in [-0.2, -0.15) is 0 Å². The predicted molar refractivity (Wildman–Crippen MR) is 95.7 cm³/mol. The van der Waals surface area contributed by atoms with Crippen LogP contribution in [0.1, 0.15) is 44.9 Å². The second-order valence-corrected chi connectivity index (χ2v) is 7.82. The molecule has 1 saturated carbocycles. The van der Waals surface area contributed by atoms with Gasteiger partial charge in [0.2, 0.25) is 17.7 Å². The molecule has 0 bridgehead atoms. The molecule has 1 aliphatic carbocycles. The summed E-state index contributed by atoms with van der Waals surface area (Å²) in [5.74, 6) is 0.834. The van der Waals surface area contributed by atoms with Crippen molar-refractivity contribution in [2.24, 2.45) is 0 Å². The molecule has 3 atom stereocenters. The SMILES string of the molecule is CCC(=O)N[C@@H]1CC[C@@]2(OC)CCN(C(=O)CSc3nnc(C)o3)[C@H]2C1. The number of fused-ring (bicyclic) bond motifs is 1. The Morgan fingerprint density at radius 1 is 1.42 bits per heavy atom. The van der Waals surface area contributed by atoms with Crippen molar-refractivity contribution < 1.29 is 18.7 Å². The van der Waals surface area contributed by atoms with E-state index in [1.165, 1.54) is 11.8 Å². The summed E-state index contributed by atoms with van der Waals surface area (Å²) in [7, 11) is 1.72. The van der Waals surface area contributed by atoms with Gasteiger partial charge in [-0.25, -0.2) is 0 Å². The molecule has 0 radical (unpaired) electrons. The maximum atomic E-state index is 12.8. The number of nitrogens with zero attached hydrogens (tertiary/aromatic N) is 3. The van der Waals surface area contributed by atoms with Gasteiger partial charge in [0.05, 0.1) is 17.4 Å². The van der Waals surface area contributed by atoms with Gasteiger partial charge in [0.15, 0.2) is 0 Å². The Morgan fingerprint density at radius 3 is 2.88 bits per heavy atom. The first-order valence-corrected chi connectivity index (χ1v) is 10.0. The Balaban J connectivity index is 1.65. The number of thioether (sulfide) groups is 1. The fraction of sp³-hybridized carbons (Fsp3) is 0.765. The van der Waals surface area contributed by atoms with Gasteiger partial charge in [-0.15, -0.1) is 10.2 Å². The molecule has 0 spiro atoms. The van der Waals surface area contributed by atoms with Crippen molar-refractivity contribution in [3.05, 3.63) is 5.89 Å². The van der Waals surface area contributed by atoms with Crippen molar-refractivity contribution in [3.63, 3.8) is 0 Å². The van der Waals surface area contributed by atoms with Crippen molar-refractivity contribution in [3.8, 4) is 0 Å². The third-order valence-corrected chi connectivity index (χ3v) is 6.23. The Hall–Kier alpha value is -1.61. The summed E-state index contributed by atoms with van der Waals surface area (Å²) in [5.41, 5.74) is -0.297. The first-order chi connectivity index (χ1) is 12.5. The number of hydrogen-bond donors (Lipinski definition) is 1. The number of ether oxygens (including phenoxy) is 1. The Bertz CT molecular complexity index is 667. The highest BCUT2D eigenvalue weighted by Gasteiger charge is 2.52. The lowest BCUT2D eigenvalue weighted by molar-refractivity contribution is -0.135. The molecule has 0 aromatic carbocycles. The summed E-state index contributed by atoms with van der Waals surface area (Å²) >= 11 is 1.26. The average Bonchev–Trinajstić information content (AvgIpc) is 3.23. The maximum absolute atomic E-state index is 12.8. The van der Waals surface area contributed by atoms with Crippen LogP contribution in [0.2, 0.25) is 0 Å². The summed E-state index contributed by atoms with van der Waals surface area (Å²) in [6, 6.07) is 0.0799. The summed E-state index contributed by atoms with van der Waals surface area (Å²) < 4.78 is 11.2. The molecule has 2 aliphatic rings. The number of aryl methyl sites for hydroxylation is 1. The molecule has 2 amide bonds. The Kier molecular flexibility index (Phi) is 5.86. The molecule has 2 fully saturated rings. The van der Waals surface area contributed by atoms with E-state index in [1.54, 1.807) is 14.0 Å². The van der Waals surface area contributed by atoms with E-state index in [0.29, 0.717) is 24.1 Å². The van der Waals surface area contributed by atoms with E-state index in [2.05, 4.69) is 15.5 Å². The van der Waals surface area contributed by atoms with E-state index in [-0.39, 0.29) is 35.3 Å². The van der Waals surface area contributed by atoms with E-state index in [4.69, 9.17) is 9.15 Å². The summed E-state index contributed by atoms with van der Waals surface area (Å²) in [6.45, 7) is 4.24. The highest BCUT2D eigenvalue weighted by atomic mass is 32.2. The summed E-state index contributed by atoms with van der Waals surface area (Å²) in [6.07, 6.45) is 3.77. The predicted octanol–water partition coefficient (Wildman–Crippen LogP) is 1.53. The zero-order valence-electron chi connectivity index (χ0n) is 15.5. The number of carbonyl (C=O) groups excluding carboxylic acids is 2. The molecule has 1 aromatic rings. The molecule has 26 heavy (non-hydrogen) atoms. The van der Waals surface area contributed by atoms with E-state index in [9.17, 15) is 9.59 Å². The Labute approximate surface area is 157 Å². The molecule has 1 aliphatic heterocycles. The number of rotatable bonds is 6. The van der Waals surface area contributed by atoms with E-state index in [0.717, 1.165) is 25.7 Å². The van der Waals surface area contributed by atoms with Gasteiger partial charge in [0.1, 0.15) is 0 Å². The third-order valence-electron chi connectivity index (χ3n) is 5.42. The molecule has 1 saturated heterocycles. The molecule has 3 rings (SSSR count). The van der Waals surface area contributed by atoms with Crippen LogP contribution in [-0.2, 0) is 14.3 Å². The zero-order valence-corrected chi connectivity index (χ0v) is 16.3. The molecule has 1 aromatic heterocycles. The highest BCUT2D eigenvalue weighted by Crippen LogP contribution is 2.42. The molecular weight excluding hydrogens is 356 g/mol. The molecule has 9 heteroatoms. The maximum Gasteiger partial charge on any atom is 0.277 e. The number of amides is 2. The van der Waals surface area contributed by atoms with Crippen LogP contribution in [-0.4, -0.2) is 64.0 Å². The van der Waals surface area contributed by atoms with E-state index < -0.39 is 0 Å². The van der Waals surface area contributed by atoms with Gasteiger partial charge in [-0.3, -0.25) is 9.59 Å². The normalized spacial score (nSPS) is 28.0. The fourth-order valence-electron chi connectivity index (χ4n) is 4.00. The number of carbonyl (C=O) groups is 2. The smallest absolute Gasteiger partial charge is 0.277 e. The van der Waals surface area contributed by atoms with Gasteiger partial charge < -0.3 is 19.4 Å². The van der Waals surface area contributed by atoms with Crippen LogP contribution < -0.4 is 5.32 Å². The molecule has 2 heterocycles. The van der Waals surface area contributed by atoms with Gasteiger partial charge >= 0.3 is 0 Å². The van der Waals surface area contributed by atoms with Gasteiger partial charge in [-0.1, -0.05) is 18.7 Å². The average molecular weight is 382 g/mol. The second kappa shape index (κ2) is 7.96. The van der Waals surface area contributed by atoms with Crippen molar-refractivity contribution >= 4 is 23.6 Å². The van der Waals surface area contributed by atoms with Gasteiger partial charge in [0.25, 0.3) is 5.22 Å². The molecular formula is C17H26N4O4S. The first kappa shape index (κ1) is 19.2. The first-order valence-electron chi connectivity index (χ1n) is 9.04. The Morgan fingerprint density at radius 2 is 2.23 bits per heavy atom. The summed E-state index contributed by atoms with van der Waals surface area (Å²) in [4.78, 5) is 26.5. The van der Waals surface area contributed by atoms with Crippen molar-refractivity contribution in [1.29, 1.82) is 0 Å². The van der Waals surface area contributed by atoms with Gasteiger partial charge in [-0.05, 0) is 25.7 Å². The van der Waals surface area contributed by atoms with Crippen molar-refractivity contribution in [2.45, 2.75) is 68.9 Å². The monoisotopic (exact) mass is 382 g/mol. The van der Waals surface area contributed by atoms with Crippen LogP contribution in [0, 0.1) is 6.92 Å². The van der Waals surface area contributed by atoms with Crippen LogP contribution in [0.3, 0.4) is 0 Å². The van der Waals surface area contributed by atoms with Crippen LogP contribution in [0.25, 0.3) is 0 Å². The minimum atomic E-state index is -0.297. The number of likely N-dealkylation sites (tertiary alicyclic amines) is 1.